The van der Waals surface area contributed by atoms with E-state index in [4.69, 9.17) is 20.6 Å². The summed E-state index contributed by atoms with van der Waals surface area (Å²) >= 11 is 1.73. The van der Waals surface area contributed by atoms with Crippen LogP contribution in [0.15, 0.2) is 35.7 Å². The second-order valence-electron chi connectivity index (χ2n) is 8.68. The zero-order valence-corrected chi connectivity index (χ0v) is 20.3. The summed E-state index contributed by atoms with van der Waals surface area (Å²) < 4.78 is 16.7. The van der Waals surface area contributed by atoms with Crippen molar-refractivity contribution < 1.29 is 24.1 Å². The van der Waals surface area contributed by atoms with Crippen LogP contribution in [0.4, 0.5) is 0 Å². The van der Waals surface area contributed by atoms with Crippen molar-refractivity contribution in [2.45, 2.75) is 37.5 Å². The lowest BCUT2D eigenvalue weighted by atomic mass is 10.0. The van der Waals surface area contributed by atoms with E-state index in [0.717, 1.165) is 30.6 Å². The van der Waals surface area contributed by atoms with Crippen molar-refractivity contribution in [3.8, 4) is 23.8 Å². The van der Waals surface area contributed by atoms with E-state index in [2.05, 4.69) is 22.3 Å². The van der Waals surface area contributed by atoms with Gasteiger partial charge in [0.1, 0.15) is 24.7 Å². The number of hydrogen-bond donors (Lipinski definition) is 1. The van der Waals surface area contributed by atoms with Crippen molar-refractivity contribution in [2.24, 2.45) is 0 Å². The average molecular weight is 485 g/mol. The molecule has 1 amide bonds. The first-order valence-electron chi connectivity index (χ1n) is 11.6. The van der Waals surface area contributed by atoms with Gasteiger partial charge in [0.2, 0.25) is 5.91 Å². The molecule has 0 unspecified atom stereocenters. The number of thiophene rings is 1. The molecule has 1 saturated carbocycles. The summed E-state index contributed by atoms with van der Waals surface area (Å²) in [7, 11) is 1.63. The minimum atomic E-state index is -0.682. The van der Waals surface area contributed by atoms with Crippen molar-refractivity contribution in [1.82, 2.24) is 9.80 Å². The number of carbonyl (C=O) groups excluding carboxylic acids is 1. The van der Waals surface area contributed by atoms with E-state index in [9.17, 15) is 9.90 Å². The highest BCUT2D eigenvalue weighted by Gasteiger charge is 2.36. The van der Waals surface area contributed by atoms with Gasteiger partial charge in [-0.2, -0.15) is 0 Å². The molecule has 8 heteroatoms. The molecule has 0 radical (unpaired) electrons. The van der Waals surface area contributed by atoms with Crippen LogP contribution >= 0.6 is 11.3 Å². The highest BCUT2D eigenvalue weighted by molar-refractivity contribution is 7.10. The molecule has 1 aliphatic heterocycles. The number of amides is 1. The molecule has 4 rings (SSSR count). The molecular formula is C26H32N2O5S. The molecular weight excluding hydrogens is 452 g/mol. The predicted molar refractivity (Wildman–Crippen MR) is 131 cm³/mol. The lowest BCUT2D eigenvalue weighted by Crippen LogP contribution is -2.48. The topological polar surface area (TPSA) is 71.5 Å². The number of fused-ring (bicyclic) bond motifs is 1. The molecule has 1 N–H and O–H groups in total. The number of nitrogens with zero attached hydrogens (tertiary/aromatic N) is 2. The monoisotopic (exact) mass is 484 g/mol. The first-order valence-corrected chi connectivity index (χ1v) is 12.5. The first kappa shape index (κ1) is 24.6. The molecule has 2 atom stereocenters. The molecule has 7 nitrogen and oxygen atoms in total. The van der Waals surface area contributed by atoms with Gasteiger partial charge in [-0.05, 0) is 48.4 Å². The smallest absolute Gasteiger partial charge is 0.237 e. The van der Waals surface area contributed by atoms with Crippen LogP contribution in [0.25, 0.3) is 0 Å². The molecule has 2 aliphatic rings. The first-order chi connectivity index (χ1) is 16.6. The number of ether oxygens (including phenoxy) is 3. The molecule has 34 heavy (non-hydrogen) atoms. The van der Waals surface area contributed by atoms with E-state index in [0.29, 0.717) is 31.5 Å². The third-order valence-electron chi connectivity index (χ3n) is 6.21. The quantitative estimate of drug-likeness (QED) is 0.369. The van der Waals surface area contributed by atoms with E-state index in [1.54, 1.807) is 18.4 Å². The van der Waals surface area contributed by atoms with Gasteiger partial charge in [-0.3, -0.25) is 9.69 Å². The van der Waals surface area contributed by atoms with Crippen molar-refractivity contribution in [3.63, 3.8) is 0 Å². The lowest BCUT2D eigenvalue weighted by Gasteiger charge is -2.37. The molecule has 182 valence electrons. The van der Waals surface area contributed by atoms with Crippen LogP contribution in [0, 0.1) is 12.3 Å². The van der Waals surface area contributed by atoms with Gasteiger partial charge in [-0.25, -0.2) is 0 Å². The fourth-order valence-electron chi connectivity index (χ4n) is 4.36. The van der Waals surface area contributed by atoms with Crippen LogP contribution in [0.2, 0.25) is 0 Å². The third kappa shape index (κ3) is 6.30. The number of terminal acetylenes is 1. The van der Waals surface area contributed by atoms with Crippen LogP contribution in [-0.4, -0.2) is 79.5 Å². The Hall–Kier alpha value is -2.57. The Morgan fingerprint density at radius 1 is 1.35 bits per heavy atom. The maximum Gasteiger partial charge on any atom is 0.237 e. The van der Waals surface area contributed by atoms with Crippen LogP contribution in [0.5, 0.6) is 11.5 Å². The summed E-state index contributed by atoms with van der Waals surface area (Å²) in [5.74, 6) is 3.90. The Morgan fingerprint density at radius 3 is 2.94 bits per heavy atom. The number of carbonyl (C=O) groups is 1. The van der Waals surface area contributed by atoms with Gasteiger partial charge in [-0.15, -0.1) is 17.8 Å². The van der Waals surface area contributed by atoms with E-state index in [1.807, 2.05) is 29.2 Å². The molecule has 2 aromatic rings. The van der Waals surface area contributed by atoms with Crippen LogP contribution in [-0.2, 0) is 16.0 Å². The Morgan fingerprint density at radius 2 is 2.18 bits per heavy atom. The largest absolute Gasteiger partial charge is 0.497 e. The molecule has 0 saturated heterocycles. The standard InChI is InChI=1S/C26H32N2O5S/c1-3-12-32-17-20(29)15-27(19-7-8-19)16-26(30)28-11-9-25-23(10-13-34-25)24(28)18-33-22-6-4-5-21(14-22)31-2/h1,4-6,10,13-14,19-20,24,29H,7-9,11-12,15-18H2,2H3/t20-,24-/m1/s1. The number of benzene rings is 1. The molecule has 1 aromatic carbocycles. The second kappa shape index (κ2) is 11.7. The van der Waals surface area contributed by atoms with E-state index < -0.39 is 6.10 Å². The van der Waals surface area contributed by atoms with Gasteiger partial charge in [0.25, 0.3) is 0 Å². The average Bonchev–Trinajstić information content (AvgIpc) is 3.59. The highest BCUT2D eigenvalue weighted by Crippen LogP contribution is 2.35. The Bertz CT molecular complexity index is 999. The zero-order valence-electron chi connectivity index (χ0n) is 19.5. The van der Waals surface area contributed by atoms with Gasteiger partial charge in [0, 0.05) is 30.1 Å². The van der Waals surface area contributed by atoms with Crippen molar-refractivity contribution >= 4 is 17.2 Å². The summed E-state index contributed by atoms with van der Waals surface area (Å²) in [6.45, 7) is 2.03. The van der Waals surface area contributed by atoms with Crippen molar-refractivity contribution in [1.29, 1.82) is 0 Å². The summed E-state index contributed by atoms with van der Waals surface area (Å²) in [6.07, 6.45) is 7.46. The van der Waals surface area contributed by atoms with Gasteiger partial charge >= 0.3 is 0 Å². The maximum absolute atomic E-state index is 13.5. The molecule has 1 aromatic heterocycles. The minimum absolute atomic E-state index is 0.0553. The lowest BCUT2D eigenvalue weighted by molar-refractivity contribution is -0.136. The van der Waals surface area contributed by atoms with Crippen molar-refractivity contribution in [3.05, 3.63) is 46.2 Å². The molecule has 0 bridgehead atoms. The van der Waals surface area contributed by atoms with Gasteiger partial charge in [0.05, 0.1) is 32.4 Å². The summed E-state index contributed by atoms with van der Waals surface area (Å²) in [5.41, 5.74) is 1.16. The van der Waals surface area contributed by atoms with E-state index >= 15 is 0 Å². The van der Waals surface area contributed by atoms with Gasteiger partial charge in [0.15, 0.2) is 0 Å². The number of rotatable bonds is 12. The van der Waals surface area contributed by atoms with E-state index in [-0.39, 0.29) is 31.7 Å². The Kier molecular flexibility index (Phi) is 8.46. The normalized spacial score (nSPS) is 18.3. The second-order valence-corrected chi connectivity index (χ2v) is 9.68. The highest BCUT2D eigenvalue weighted by atomic mass is 32.1. The number of hydrogen-bond acceptors (Lipinski definition) is 7. The number of methoxy groups -OCH3 is 1. The third-order valence-corrected chi connectivity index (χ3v) is 7.20. The van der Waals surface area contributed by atoms with Crippen LogP contribution < -0.4 is 9.47 Å². The molecule has 1 aliphatic carbocycles. The Labute approximate surface area is 205 Å². The van der Waals surface area contributed by atoms with Gasteiger partial charge in [-0.1, -0.05) is 12.0 Å². The fraction of sp³-hybridized carbons (Fsp3) is 0.500. The summed E-state index contributed by atoms with van der Waals surface area (Å²) in [6, 6.07) is 9.79. The van der Waals surface area contributed by atoms with Gasteiger partial charge < -0.3 is 24.2 Å². The van der Waals surface area contributed by atoms with Crippen LogP contribution in [0.1, 0.15) is 29.3 Å². The Balaban J connectivity index is 1.42. The minimum Gasteiger partial charge on any atom is -0.497 e. The zero-order chi connectivity index (χ0) is 23.9. The molecule has 2 heterocycles. The van der Waals surface area contributed by atoms with E-state index in [1.165, 1.54) is 4.88 Å². The van der Waals surface area contributed by atoms with Crippen LogP contribution in [0.3, 0.4) is 0 Å². The summed E-state index contributed by atoms with van der Waals surface area (Å²) in [5, 5.41) is 12.4. The predicted octanol–water partition coefficient (Wildman–Crippen LogP) is 2.74. The van der Waals surface area contributed by atoms with Crippen molar-refractivity contribution in [2.75, 3.05) is 46.6 Å². The number of aliphatic hydroxyl groups excluding tert-OH is 1. The maximum atomic E-state index is 13.5. The number of aliphatic hydroxyl groups is 1. The summed E-state index contributed by atoms with van der Waals surface area (Å²) in [4.78, 5) is 18.8. The fourth-order valence-corrected chi connectivity index (χ4v) is 5.29. The SMILES string of the molecule is C#CCOC[C@H](O)CN(CC(=O)N1CCc2sccc2[C@H]1COc1cccc(OC)c1)C1CC1. The molecule has 0 spiro atoms. The molecule has 1 fully saturated rings.